The average molecular weight is 316 g/mol. The first-order valence-electron chi connectivity index (χ1n) is 6.15. The molecule has 1 aromatic rings. The molecule has 21 heavy (non-hydrogen) atoms. The molecule has 0 spiro atoms. The Morgan fingerprint density at radius 2 is 1.81 bits per heavy atom. The third-order valence-electron chi connectivity index (χ3n) is 2.79. The fraction of sp³-hybridized carbons (Fsp3) is 0.462. The number of nitrogens with zero attached hydrogens (tertiary/aromatic N) is 2. The van der Waals surface area contributed by atoms with Gasteiger partial charge in [0.25, 0.3) is 0 Å². The molecule has 8 heteroatoms. The van der Waals surface area contributed by atoms with Crippen LogP contribution >= 0.6 is 0 Å². The van der Waals surface area contributed by atoms with Gasteiger partial charge < -0.3 is 9.47 Å². The molecule has 0 aliphatic heterocycles. The number of methoxy groups -OCH3 is 2. The molecule has 0 amide bonds. The van der Waals surface area contributed by atoms with Crippen LogP contribution < -0.4 is 0 Å². The summed E-state index contributed by atoms with van der Waals surface area (Å²) in [7, 11) is -0.909. The Hall–Kier alpha value is -1.53. The third-order valence-corrected chi connectivity index (χ3v) is 4.68. The quantitative estimate of drug-likeness (QED) is 0.714. The van der Waals surface area contributed by atoms with Gasteiger partial charge in [0.15, 0.2) is 0 Å². The number of sulfonamides is 1. The molecule has 0 radical (unpaired) electrons. The summed E-state index contributed by atoms with van der Waals surface area (Å²) in [6.07, 6.45) is 0. The monoisotopic (exact) mass is 316 g/mol. The highest BCUT2D eigenvalue weighted by atomic mass is 32.2. The number of hydrogen-bond donors (Lipinski definition) is 0. The normalized spacial score (nSPS) is 11.6. The minimum absolute atomic E-state index is 0.132. The SMILES string of the molecule is COCCN(CCOC)S(=O)(=O)c1ccc(F)c(C#N)c1. The van der Waals surface area contributed by atoms with Crippen LogP contribution in [0.3, 0.4) is 0 Å². The molecule has 0 aliphatic rings. The van der Waals surface area contributed by atoms with E-state index in [4.69, 9.17) is 14.7 Å². The molecule has 0 atom stereocenters. The number of nitriles is 1. The molecule has 0 unspecified atom stereocenters. The standard InChI is InChI=1S/C13H17FN2O4S/c1-19-7-5-16(6-8-20-2)21(17,18)12-3-4-13(14)11(9-12)10-15/h3-4,9H,5-8H2,1-2H3. The highest BCUT2D eigenvalue weighted by Gasteiger charge is 2.25. The van der Waals surface area contributed by atoms with Gasteiger partial charge in [-0.05, 0) is 18.2 Å². The number of hydrogen-bond acceptors (Lipinski definition) is 5. The van der Waals surface area contributed by atoms with Crippen LogP contribution in [0.2, 0.25) is 0 Å². The van der Waals surface area contributed by atoms with Crippen molar-refractivity contribution < 1.29 is 22.3 Å². The number of benzene rings is 1. The molecule has 0 fully saturated rings. The van der Waals surface area contributed by atoms with Crippen molar-refractivity contribution in [3.63, 3.8) is 0 Å². The van der Waals surface area contributed by atoms with Crippen LogP contribution in [-0.4, -0.2) is 53.2 Å². The van der Waals surface area contributed by atoms with Gasteiger partial charge in [-0.25, -0.2) is 12.8 Å². The summed E-state index contributed by atoms with van der Waals surface area (Å²) in [4.78, 5) is -0.132. The minimum Gasteiger partial charge on any atom is -0.383 e. The van der Waals surface area contributed by atoms with E-state index in [1.54, 1.807) is 6.07 Å². The van der Waals surface area contributed by atoms with Gasteiger partial charge in [-0.2, -0.15) is 9.57 Å². The smallest absolute Gasteiger partial charge is 0.243 e. The van der Waals surface area contributed by atoms with Gasteiger partial charge in [0.05, 0.1) is 23.7 Å². The van der Waals surface area contributed by atoms with Crippen LogP contribution in [0.5, 0.6) is 0 Å². The zero-order valence-electron chi connectivity index (χ0n) is 11.9. The lowest BCUT2D eigenvalue weighted by Crippen LogP contribution is -2.36. The Labute approximate surface area is 123 Å². The summed E-state index contributed by atoms with van der Waals surface area (Å²) in [6.45, 7) is 0.716. The molecule has 0 saturated heterocycles. The highest BCUT2D eigenvalue weighted by Crippen LogP contribution is 2.18. The van der Waals surface area contributed by atoms with Crippen LogP contribution in [0.1, 0.15) is 5.56 Å². The molecule has 0 aliphatic carbocycles. The molecule has 1 rings (SSSR count). The number of halogens is 1. The summed E-state index contributed by atoms with van der Waals surface area (Å²) in [5, 5.41) is 8.79. The minimum atomic E-state index is -3.84. The second kappa shape index (κ2) is 8.05. The fourth-order valence-corrected chi connectivity index (χ4v) is 3.07. The van der Waals surface area contributed by atoms with Crippen molar-refractivity contribution in [1.82, 2.24) is 4.31 Å². The second-order valence-electron chi connectivity index (χ2n) is 4.14. The van der Waals surface area contributed by atoms with Crippen LogP contribution in [0, 0.1) is 17.1 Å². The first kappa shape index (κ1) is 17.5. The van der Waals surface area contributed by atoms with Gasteiger partial charge >= 0.3 is 0 Å². The van der Waals surface area contributed by atoms with Crippen molar-refractivity contribution in [3.8, 4) is 6.07 Å². The van der Waals surface area contributed by atoms with Crippen molar-refractivity contribution >= 4 is 10.0 Å². The van der Waals surface area contributed by atoms with Crippen LogP contribution in [0.4, 0.5) is 4.39 Å². The van der Waals surface area contributed by atoms with Crippen molar-refractivity contribution in [2.45, 2.75) is 4.90 Å². The fourth-order valence-electron chi connectivity index (χ4n) is 1.64. The maximum absolute atomic E-state index is 13.3. The van der Waals surface area contributed by atoms with Gasteiger partial charge in [-0.3, -0.25) is 0 Å². The molecular weight excluding hydrogens is 299 g/mol. The van der Waals surface area contributed by atoms with E-state index in [-0.39, 0.29) is 36.8 Å². The maximum atomic E-state index is 13.3. The predicted molar refractivity (Wildman–Crippen MR) is 73.6 cm³/mol. The molecule has 6 nitrogen and oxygen atoms in total. The Morgan fingerprint density at radius 3 is 2.29 bits per heavy atom. The van der Waals surface area contributed by atoms with E-state index in [0.717, 1.165) is 18.2 Å². The number of rotatable bonds is 8. The third kappa shape index (κ3) is 4.47. The molecule has 0 N–H and O–H groups in total. The molecule has 0 aromatic heterocycles. The van der Waals surface area contributed by atoms with E-state index >= 15 is 0 Å². The lowest BCUT2D eigenvalue weighted by molar-refractivity contribution is 0.150. The second-order valence-corrected chi connectivity index (χ2v) is 6.08. The Bertz CT molecular complexity index is 605. The topological polar surface area (TPSA) is 79.6 Å². The van der Waals surface area contributed by atoms with Crippen molar-refractivity contribution in [2.75, 3.05) is 40.5 Å². The van der Waals surface area contributed by atoms with Gasteiger partial charge in [0.2, 0.25) is 10.0 Å². The number of ether oxygens (including phenoxy) is 2. The summed E-state index contributed by atoms with van der Waals surface area (Å²) in [5.41, 5.74) is -0.311. The van der Waals surface area contributed by atoms with Crippen molar-refractivity contribution in [3.05, 3.63) is 29.6 Å². The predicted octanol–water partition coefficient (Wildman–Crippen LogP) is 0.981. The summed E-state index contributed by atoms with van der Waals surface area (Å²) >= 11 is 0. The zero-order chi connectivity index (χ0) is 15.9. The first-order chi connectivity index (χ1) is 9.97. The highest BCUT2D eigenvalue weighted by molar-refractivity contribution is 7.89. The van der Waals surface area contributed by atoms with Crippen molar-refractivity contribution in [2.24, 2.45) is 0 Å². The van der Waals surface area contributed by atoms with E-state index in [1.807, 2.05) is 0 Å². The van der Waals surface area contributed by atoms with Gasteiger partial charge in [-0.15, -0.1) is 0 Å². The van der Waals surface area contributed by atoms with Gasteiger partial charge in [0, 0.05) is 27.3 Å². The van der Waals surface area contributed by atoms with E-state index in [2.05, 4.69) is 0 Å². The lowest BCUT2D eigenvalue weighted by atomic mass is 10.2. The van der Waals surface area contributed by atoms with E-state index in [1.165, 1.54) is 18.5 Å². The van der Waals surface area contributed by atoms with E-state index < -0.39 is 15.8 Å². The lowest BCUT2D eigenvalue weighted by Gasteiger charge is -2.21. The largest absolute Gasteiger partial charge is 0.383 e. The maximum Gasteiger partial charge on any atom is 0.243 e. The zero-order valence-corrected chi connectivity index (χ0v) is 12.7. The van der Waals surface area contributed by atoms with E-state index in [0.29, 0.717) is 0 Å². The van der Waals surface area contributed by atoms with Gasteiger partial charge in [-0.1, -0.05) is 0 Å². The van der Waals surface area contributed by atoms with Crippen molar-refractivity contribution in [1.29, 1.82) is 5.26 Å². The van der Waals surface area contributed by atoms with E-state index in [9.17, 15) is 12.8 Å². The van der Waals surface area contributed by atoms with Crippen LogP contribution in [-0.2, 0) is 19.5 Å². The average Bonchev–Trinajstić information content (AvgIpc) is 2.47. The molecular formula is C13H17FN2O4S. The first-order valence-corrected chi connectivity index (χ1v) is 7.59. The molecule has 0 heterocycles. The Kier molecular flexibility index (Phi) is 6.71. The summed E-state index contributed by atoms with van der Waals surface area (Å²) in [5.74, 6) is -0.753. The summed E-state index contributed by atoms with van der Waals surface area (Å²) < 4.78 is 49.3. The Balaban J connectivity index is 3.12. The Morgan fingerprint density at radius 1 is 1.24 bits per heavy atom. The van der Waals surface area contributed by atoms with Crippen LogP contribution in [0.25, 0.3) is 0 Å². The van der Waals surface area contributed by atoms with Crippen LogP contribution in [0.15, 0.2) is 23.1 Å². The van der Waals surface area contributed by atoms with Gasteiger partial charge in [0.1, 0.15) is 11.9 Å². The molecule has 1 aromatic carbocycles. The summed E-state index contributed by atoms with van der Waals surface area (Å²) in [6, 6.07) is 4.76. The molecule has 116 valence electrons. The molecule has 0 saturated carbocycles. The molecule has 0 bridgehead atoms.